The second kappa shape index (κ2) is 5.60. The van der Waals surface area contributed by atoms with E-state index in [1.165, 1.54) is 0 Å². The second-order valence-electron chi connectivity index (χ2n) is 4.42. The highest BCUT2D eigenvalue weighted by Gasteiger charge is 2.13. The topological polar surface area (TPSA) is 69.6 Å². The maximum absolute atomic E-state index is 5.14. The number of hydrogen-bond acceptors (Lipinski definition) is 5. The molecule has 0 aromatic carbocycles. The van der Waals surface area contributed by atoms with Gasteiger partial charge in [0.2, 0.25) is 5.89 Å². The number of rotatable bonds is 5. The molecule has 1 unspecified atom stereocenters. The molecule has 2 heterocycles. The van der Waals surface area contributed by atoms with E-state index in [1.54, 1.807) is 4.68 Å². The van der Waals surface area contributed by atoms with Gasteiger partial charge in [-0.1, -0.05) is 47.1 Å². The zero-order chi connectivity index (χ0) is 13.1. The van der Waals surface area contributed by atoms with Crippen LogP contribution in [0.5, 0.6) is 0 Å². The van der Waals surface area contributed by atoms with E-state index in [2.05, 4.69) is 43.3 Å². The van der Waals surface area contributed by atoms with Crippen molar-refractivity contribution in [1.82, 2.24) is 25.1 Å². The summed E-state index contributed by atoms with van der Waals surface area (Å²) >= 11 is 3.54. The van der Waals surface area contributed by atoms with Crippen molar-refractivity contribution < 1.29 is 4.52 Å². The van der Waals surface area contributed by atoms with E-state index in [0.717, 1.165) is 12.1 Å². The van der Waals surface area contributed by atoms with Gasteiger partial charge in [0.1, 0.15) is 6.54 Å². The van der Waals surface area contributed by atoms with Gasteiger partial charge in [0.15, 0.2) is 5.82 Å². The maximum atomic E-state index is 5.14. The monoisotopic (exact) mass is 313 g/mol. The minimum Gasteiger partial charge on any atom is -0.339 e. The van der Waals surface area contributed by atoms with Crippen molar-refractivity contribution in [2.75, 3.05) is 0 Å². The Labute approximate surface area is 114 Å². The second-order valence-corrected chi connectivity index (χ2v) is 5.53. The summed E-state index contributed by atoms with van der Waals surface area (Å²) in [6.45, 7) is 6.60. The molecule has 18 heavy (non-hydrogen) atoms. The van der Waals surface area contributed by atoms with Gasteiger partial charge in [-0.3, -0.25) is 0 Å². The standard InChI is InChI=1S/C11H16BrN5O/c1-4-8(12)9-5-17(16-14-9)6-10-13-11(7(2)3)18-15-10/h5,7-8H,4,6H2,1-3H3. The molecule has 0 N–H and O–H groups in total. The van der Waals surface area contributed by atoms with Gasteiger partial charge in [-0.2, -0.15) is 4.98 Å². The van der Waals surface area contributed by atoms with Crippen LogP contribution in [0.15, 0.2) is 10.7 Å². The minimum atomic E-state index is 0.239. The van der Waals surface area contributed by atoms with Crippen molar-refractivity contribution in [1.29, 1.82) is 0 Å². The Hall–Kier alpha value is -1.24. The van der Waals surface area contributed by atoms with Crippen LogP contribution in [0.4, 0.5) is 0 Å². The first-order chi connectivity index (χ1) is 8.60. The van der Waals surface area contributed by atoms with Gasteiger partial charge >= 0.3 is 0 Å². The molecular formula is C11H16BrN5O. The zero-order valence-corrected chi connectivity index (χ0v) is 12.3. The van der Waals surface area contributed by atoms with Crippen LogP contribution in [0, 0.1) is 0 Å². The lowest BCUT2D eigenvalue weighted by atomic mass is 10.2. The molecule has 0 radical (unpaired) electrons. The lowest BCUT2D eigenvalue weighted by Crippen LogP contribution is -2.02. The predicted molar refractivity (Wildman–Crippen MR) is 69.5 cm³/mol. The van der Waals surface area contributed by atoms with Crippen LogP contribution in [0.3, 0.4) is 0 Å². The van der Waals surface area contributed by atoms with Crippen molar-refractivity contribution >= 4 is 15.9 Å². The van der Waals surface area contributed by atoms with Crippen molar-refractivity contribution in [3.63, 3.8) is 0 Å². The Morgan fingerprint density at radius 1 is 1.44 bits per heavy atom. The van der Waals surface area contributed by atoms with Gasteiger partial charge in [0.25, 0.3) is 0 Å². The number of alkyl halides is 1. The summed E-state index contributed by atoms with van der Waals surface area (Å²) in [6.07, 6.45) is 2.87. The Balaban J connectivity index is 2.06. The fourth-order valence-corrected chi connectivity index (χ4v) is 1.66. The molecular weight excluding hydrogens is 298 g/mol. The molecule has 0 bridgehead atoms. The van der Waals surface area contributed by atoms with Crippen LogP contribution in [0.1, 0.15) is 55.3 Å². The number of halogens is 1. The lowest BCUT2D eigenvalue weighted by molar-refractivity contribution is 0.359. The first-order valence-corrected chi connectivity index (χ1v) is 6.88. The Morgan fingerprint density at radius 3 is 2.83 bits per heavy atom. The fraction of sp³-hybridized carbons (Fsp3) is 0.636. The third kappa shape index (κ3) is 2.95. The third-order valence-electron chi connectivity index (χ3n) is 2.52. The average molecular weight is 314 g/mol. The van der Waals surface area contributed by atoms with E-state index in [1.807, 2.05) is 20.0 Å². The molecule has 2 aromatic heterocycles. The van der Waals surface area contributed by atoms with Gasteiger partial charge in [0.05, 0.1) is 16.7 Å². The highest BCUT2D eigenvalue weighted by atomic mass is 79.9. The van der Waals surface area contributed by atoms with E-state index < -0.39 is 0 Å². The van der Waals surface area contributed by atoms with Crippen LogP contribution >= 0.6 is 15.9 Å². The average Bonchev–Trinajstić information content (AvgIpc) is 2.98. The van der Waals surface area contributed by atoms with Gasteiger partial charge in [-0.15, -0.1) is 5.10 Å². The van der Waals surface area contributed by atoms with Crippen molar-refractivity contribution in [3.05, 3.63) is 23.6 Å². The predicted octanol–water partition coefficient (Wildman–Crippen LogP) is 2.68. The highest BCUT2D eigenvalue weighted by molar-refractivity contribution is 9.09. The molecule has 0 amide bonds. The highest BCUT2D eigenvalue weighted by Crippen LogP contribution is 2.23. The van der Waals surface area contributed by atoms with Crippen LogP contribution in [-0.2, 0) is 6.54 Å². The Kier molecular flexibility index (Phi) is 4.11. The maximum Gasteiger partial charge on any atom is 0.229 e. The van der Waals surface area contributed by atoms with Crippen LogP contribution in [0.2, 0.25) is 0 Å². The largest absolute Gasteiger partial charge is 0.339 e. The number of hydrogen-bond donors (Lipinski definition) is 0. The first-order valence-electron chi connectivity index (χ1n) is 5.96. The lowest BCUT2D eigenvalue weighted by Gasteiger charge is -1.98. The van der Waals surface area contributed by atoms with Crippen molar-refractivity contribution in [2.45, 2.75) is 44.5 Å². The molecule has 0 saturated heterocycles. The summed E-state index contributed by atoms with van der Waals surface area (Å²) < 4.78 is 6.86. The van der Waals surface area contributed by atoms with E-state index in [-0.39, 0.29) is 10.7 Å². The van der Waals surface area contributed by atoms with Crippen molar-refractivity contribution in [3.8, 4) is 0 Å². The van der Waals surface area contributed by atoms with E-state index >= 15 is 0 Å². The summed E-state index contributed by atoms with van der Waals surface area (Å²) in [5, 5.41) is 12.1. The van der Waals surface area contributed by atoms with Crippen molar-refractivity contribution in [2.24, 2.45) is 0 Å². The number of aromatic nitrogens is 5. The fourth-order valence-electron chi connectivity index (χ4n) is 1.45. The van der Waals surface area contributed by atoms with Gasteiger partial charge < -0.3 is 4.52 Å². The molecule has 0 saturated carbocycles. The Morgan fingerprint density at radius 2 is 2.22 bits per heavy atom. The van der Waals surface area contributed by atoms with Crippen LogP contribution in [-0.4, -0.2) is 25.1 Å². The normalized spacial score (nSPS) is 13.2. The quantitative estimate of drug-likeness (QED) is 0.794. The zero-order valence-electron chi connectivity index (χ0n) is 10.7. The molecule has 0 aliphatic rings. The van der Waals surface area contributed by atoms with E-state index in [0.29, 0.717) is 18.3 Å². The summed E-state index contributed by atoms with van der Waals surface area (Å²) in [5.41, 5.74) is 0.921. The van der Waals surface area contributed by atoms with Crippen LogP contribution in [0.25, 0.3) is 0 Å². The molecule has 0 fully saturated rings. The van der Waals surface area contributed by atoms with E-state index in [9.17, 15) is 0 Å². The Bertz CT molecular complexity index is 507. The molecule has 2 aromatic rings. The first kappa shape index (κ1) is 13.2. The summed E-state index contributed by atoms with van der Waals surface area (Å²) in [4.78, 5) is 4.54. The third-order valence-corrected chi connectivity index (χ3v) is 3.63. The molecule has 7 heteroatoms. The smallest absolute Gasteiger partial charge is 0.229 e. The summed E-state index contributed by atoms with van der Waals surface area (Å²) in [5.74, 6) is 1.51. The minimum absolute atomic E-state index is 0.239. The van der Waals surface area contributed by atoms with Gasteiger partial charge in [-0.05, 0) is 6.42 Å². The molecule has 0 spiro atoms. The van der Waals surface area contributed by atoms with Crippen LogP contribution < -0.4 is 0 Å². The summed E-state index contributed by atoms with van der Waals surface area (Å²) in [6, 6.07) is 0. The molecule has 2 rings (SSSR count). The molecule has 0 aliphatic carbocycles. The summed E-state index contributed by atoms with van der Waals surface area (Å²) in [7, 11) is 0. The molecule has 98 valence electrons. The van der Waals surface area contributed by atoms with Gasteiger partial charge in [-0.25, -0.2) is 4.68 Å². The van der Waals surface area contributed by atoms with Gasteiger partial charge in [0, 0.05) is 5.92 Å². The molecule has 0 aliphatic heterocycles. The molecule has 6 nitrogen and oxygen atoms in total. The van der Waals surface area contributed by atoms with E-state index in [4.69, 9.17) is 4.52 Å². The molecule has 1 atom stereocenters. The SMILES string of the molecule is CCC(Br)c1cn(Cc2noc(C(C)C)n2)nn1. The number of nitrogens with zero attached hydrogens (tertiary/aromatic N) is 5.